The highest BCUT2D eigenvalue weighted by atomic mass is 32.2. The number of aromatic nitrogens is 2. The van der Waals surface area contributed by atoms with E-state index in [-0.39, 0.29) is 48.9 Å². The van der Waals surface area contributed by atoms with Crippen molar-refractivity contribution in [1.82, 2.24) is 9.38 Å². The third kappa shape index (κ3) is 4.92. The Hall–Kier alpha value is -6.40. The van der Waals surface area contributed by atoms with Crippen LogP contribution in [0, 0.1) is 20.6 Å². The summed E-state index contributed by atoms with van der Waals surface area (Å²) in [5, 5.41) is 0.122. The molecule has 0 amide bonds. The van der Waals surface area contributed by atoms with E-state index in [1.54, 1.807) is 28.7 Å². The van der Waals surface area contributed by atoms with Gasteiger partial charge in [-0.2, -0.15) is 4.98 Å². The van der Waals surface area contributed by atoms with Gasteiger partial charge in [0.25, 0.3) is 0 Å². The summed E-state index contributed by atoms with van der Waals surface area (Å²) in [7, 11) is -5.13. The predicted molar refractivity (Wildman–Crippen MR) is 250 cm³/mol. The van der Waals surface area contributed by atoms with Crippen molar-refractivity contribution in [2.75, 3.05) is 0 Å². The molecule has 0 spiro atoms. The lowest BCUT2D eigenvalue weighted by atomic mass is 9.80. The van der Waals surface area contributed by atoms with Crippen molar-refractivity contribution in [3.8, 4) is 66.8 Å². The molecule has 10 aromatic rings. The Balaban J connectivity index is 1.15. The summed E-state index contributed by atoms with van der Waals surface area (Å²) in [6.45, 7) is -10.1. The second-order valence-electron chi connectivity index (χ2n) is 15.4. The minimum atomic E-state index is -5.13. The largest absolute Gasteiger partial charge is 0.422 e. The predicted octanol–water partition coefficient (Wildman–Crippen LogP) is 13.8. The molecular weight excluding hydrogens is 753 g/mol. The number of rotatable bonds is 2. The van der Waals surface area contributed by atoms with Gasteiger partial charge in [-0.15, -0.1) is 0 Å². The Morgan fingerprint density at radius 3 is 1.85 bits per heavy atom. The number of fused-ring (bicyclic) bond motifs is 15. The van der Waals surface area contributed by atoms with E-state index in [1.807, 2.05) is 67.6 Å². The van der Waals surface area contributed by atoms with Gasteiger partial charge in [0.05, 0.1) is 16.6 Å². The molecule has 8 aromatic carbocycles. The number of para-hydroxylation sites is 2. The van der Waals surface area contributed by atoms with Gasteiger partial charge >= 0.3 is 5.84 Å². The Kier molecular flexibility index (Phi) is 5.21. The average molecular weight is 805 g/mol. The highest BCUT2D eigenvalue weighted by molar-refractivity contribution is 8.00. The average Bonchev–Trinajstić information content (AvgIpc) is 3.87. The first kappa shape index (κ1) is 24.5. The first-order chi connectivity index (χ1) is 33.7. The second kappa shape index (κ2) is 12.5. The number of hydrogen-bond donors (Lipinski definition) is 0. The van der Waals surface area contributed by atoms with Gasteiger partial charge < -0.3 is 4.42 Å². The van der Waals surface area contributed by atoms with Crippen LogP contribution in [0.25, 0.3) is 94.7 Å². The SMILES string of the molecule is [2H]C([2H])([2H])c1cc2c(cc1-c1c(C([2H])([2H])[2H])ccc3c1oc1nc4ccccc4n13)[Si](C([2H])([2H])[2H])(C([2H])([2H])[2H])c1ccc(C)c(-c3ccc4c(c3)-c3ccccc3-c3ccccc3-c3ccccc3-4)c1S2. The highest BCUT2D eigenvalue weighted by Gasteiger charge is 2.38. The fourth-order valence-corrected chi connectivity index (χ4v) is 13.6. The summed E-state index contributed by atoms with van der Waals surface area (Å²) < 4.78 is 118. The van der Waals surface area contributed by atoms with E-state index in [9.17, 15) is 8.22 Å². The number of hydrogen-bond acceptors (Lipinski definition) is 3. The van der Waals surface area contributed by atoms with Gasteiger partial charge in [-0.3, -0.25) is 4.40 Å². The number of imidazole rings is 1. The van der Waals surface area contributed by atoms with Crippen molar-refractivity contribution < 1.29 is 20.9 Å². The van der Waals surface area contributed by atoms with Crippen LogP contribution in [0.2, 0.25) is 13.0 Å². The molecule has 5 heteroatoms. The van der Waals surface area contributed by atoms with E-state index in [4.69, 9.17) is 12.6 Å². The van der Waals surface area contributed by atoms with Crippen LogP contribution < -0.4 is 10.4 Å². The van der Waals surface area contributed by atoms with Crippen LogP contribution >= 0.6 is 11.8 Å². The Morgan fingerprint density at radius 1 is 0.542 bits per heavy atom. The molecule has 0 unspecified atom stereocenters. The topological polar surface area (TPSA) is 30.4 Å². The third-order valence-corrected chi connectivity index (χ3v) is 16.1. The van der Waals surface area contributed by atoms with Crippen molar-refractivity contribution in [2.45, 2.75) is 43.4 Å². The quantitative estimate of drug-likeness (QED) is 0.163. The lowest BCUT2D eigenvalue weighted by Crippen LogP contribution is -2.56. The van der Waals surface area contributed by atoms with Gasteiger partial charge in [0.2, 0.25) is 0 Å². The summed E-state index contributed by atoms with van der Waals surface area (Å²) in [6, 6.07) is 47.4. The van der Waals surface area contributed by atoms with Crippen LogP contribution in [0.5, 0.6) is 0 Å². The normalized spacial score (nSPS) is 17.4. The molecule has 1 aliphatic carbocycles. The molecule has 3 heterocycles. The standard InChI is InChI=1S/C54H40N2OSSi/c1-31-23-27-48-53(50(31)34-24-25-41-39-18-9-8-16-37(39)35-14-6-7-15-36(35)38-17-10-11-19-40(38)43(41)29-34)58-47-28-33(3)42(30-49(47)59(48,4)5)51-32(2)22-26-46-52(51)57-54-55-44-20-12-13-21-45(44)56(46)54/h6-30H,1-5H3/i2D3,3D3,4D3,5D3. The molecule has 0 radical (unpaired) electrons. The van der Waals surface area contributed by atoms with E-state index in [0.717, 1.165) is 67.4 Å². The maximum absolute atomic E-state index is 9.45. The molecule has 2 aliphatic rings. The number of nitrogens with zero attached hydrogens (tertiary/aromatic N) is 2. The first-order valence-corrected chi connectivity index (χ1v) is 22.3. The molecule has 0 atom stereocenters. The fourth-order valence-electron chi connectivity index (χ4n) is 9.39. The van der Waals surface area contributed by atoms with Crippen LogP contribution in [0.15, 0.2) is 166 Å². The lowest BCUT2D eigenvalue weighted by Gasteiger charge is -2.35. The van der Waals surface area contributed by atoms with Crippen LogP contribution in [0.3, 0.4) is 0 Å². The molecule has 0 fully saturated rings. The first-order valence-electron chi connectivity index (χ1n) is 25.5. The van der Waals surface area contributed by atoms with E-state index in [0.29, 0.717) is 27.0 Å². The maximum atomic E-state index is 9.45. The zero-order valence-corrected chi connectivity index (χ0v) is 33.5. The molecule has 0 saturated heterocycles. The minimum absolute atomic E-state index is 0.0146. The minimum Gasteiger partial charge on any atom is -0.422 e. The second-order valence-corrected chi connectivity index (χ2v) is 19.1. The lowest BCUT2D eigenvalue weighted by molar-refractivity contribution is 0.644. The van der Waals surface area contributed by atoms with Crippen molar-refractivity contribution in [3.05, 3.63) is 168 Å². The van der Waals surface area contributed by atoms with E-state index in [1.165, 1.54) is 18.2 Å². The highest BCUT2D eigenvalue weighted by Crippen LogP contribution is 2.50. The summed E-state index contributed by atoms with van der Waals surface area (Å²) >= 11 is 1.15. The molecular formula is C54H40N2OSSi. The van der Waals surface area contributed by atoms with Crippen LogP contribution in [0.1, 0.15) is 33.1 Å². The molecule has 59 heavy (non-hydrogen) atoms. The van der Waals surface area contributed by atoms with Crippen molar-refractivity contribution in [2.24, 2.45) is 0 Å². The van der Waals surface area contributed by atoms with E-state index >= 15 is 0 Å². The summed E-state index contributed by atoms with van der Waals surface area (Å²) in [4.78, 5) is 5.23. The van der Waals surface area contributed by atoms with Crippen LogP contribution in [0.4, 0.5) is 0 Å². The molecule has 0 N–H and O–H groups in total. The fraction of sp³-hybridized carbons (Fsp3) is 0.0926. The summed E-state index contributed by atoms with van der Waals surface area (Å²) in [6.07, 6.45) is 0. The Labute approximate surface area is 365 Å². The Morgan fingerprint density at radius 2 is 1.17 bits per heavy atom. The van der Waals surface area contributed by atoms with Crippen molar-refractivity contribution in [1.29, 1.82) is 0 Å². The molecule has 0 bridgehead atoms. The monoisotopic (exact) mass is 804 g/mol. The Bertz CT molecular complexity index is 3880. The summed E-state index contributed by atoms with van der Waals surface area (Å²) in [5.74, 6) is 0.130. The smallest absolute Gasteiger partial charge is 0.307 e. The summed E-state index contributed by atoms with van der Waals surface area (Å²) in [5.41, 5.74) is 11.2. The molecule has 2 aromatic heterocycles. The van der Waals surface area contributed by atoms with Gasteiger partial charge in [-0.25, -0.2) is 0 Å². The van der Waals surface area contributed by atoms with E-state index in [2.05, 4.69) is 53.5 Å². The van der Waals surface area contributed by atoms with E-state index < -0.39 is 34.7 Å². The van der Waals surface area contributed by atoms with Crippen molar-refractivity contribution in [3.63, 3.8) is 0 Å². The third-order valence-electron chi connectivity index (χ3n) is 12.1. The molecule has 3 nitrogen and oxygen atoms in total. The number of aryl methyl sites for hydroxylation is 3. The van der Waals surface area contributed by atoms with Gasteiger partial charge in [0.15, 0.2) is 5.58 Å². The molecule has 0 saturated carbocycles. The van der Waals surface area contributed by atoms with Crippen molar-refractivity contribution >= 4 is 58.2 Å². The number of benzene rings is 8. The van der Waals surface area contributed by atoms with Gasteiger partial charge in [0, 0.05) is 31.8 Å². The van der Waals surface area contributed by atoms with Gasteiger partial charge in [-0.05, 0) is 139 Å². The number of oxazole rings is 1. The van der Waals surface area contributed by atoms with Gasteiger partial charge in [0.1, 0.15) is 8.07 Å². The molecule has 12 rings (SSSR count). The molecule has 1 aliphatic heterocycles. The zero-order chi connectivity index (χ0) is 49.7. The van der Waals surface area contributed by atoms with Crippen LogP contribution in [-0.4, -0.2) is 17.5 Å². The molecule has 282 valence electrons. The zero-order valence-electron chi connectivity index (χ0n) is 43.6. The van der Waals surface area contributed by atoms with Gasteiger partial charge in [-0.1, -0.05) is 146 Å². The maximum Gasteiger partial charge on any atom is 0.307 e. The van der Waals surface area contributed by atoms with Crippen LogP contribution in [-0.2, 0) is 0 Å².